The Morgan fingerprint density at radius 1 is 1.40 bits per heavy atom. The van der Waals surface area contributed by atoms with Crippen LogP contribution in [0, 0.1) is 11.3 Å². The van der Waals surface area contributed by atoms with E-state index in [1.807, 2.05) is 0 Å². The van der Waals surface area contributed by atoms with Gasteiger partial charge >= 0.3 is 0 Å². The number of nitrogens with one attached hydrogen (secondary N) is 1. The third-order valence-corrected chi connectivity index (χ3v) is 1.47. The van der Waals surface area contributed by atoms with Gasteiger partial charge in [0.2, 0.25) is 5.88 Å². The molecule has 84 valence electrons. The molecular weight excluding hydrogens is 194 g/mol. The van der Waals surface area contributed by atoms with Crippen LogP contribution >= 0.6 is 0 Å². The molecule has 0 fully saturated rings. The van der Waals surface area contributed by atoms with Crippen LogP contribution in [0.4, 0.5) is 0 Å². The van der Waals surface area contributed by atoms with Gasteiger partial charge in [0, 0.05) is 19.6 Å². The molecule has 0 bridgehead atoms. The molecule has 0 aromatic carbocycles. The summed E-state index contributed by atoms with van der Waals surface area (Å²) in [6, 6.07) is 1.68. The van der Waals surface area contributed by atoms with Gasteiger partial charge in [0.25, 0.3) is 5.91 Å². The van der Waals surface area contributed by atoms with Crippen LogP contribution in [0.1, 0.15) is 20.8 Å². The summed E-state index contributed by atoms with van der Waals surface area (Å²) in [6.07, 6.45) is 0. The average molecular weight is 211 g/mol. The number of amides is 1. The number of nitrogens with zero attached hydrogens (tertiary/aromatic N) is 2. The van der Waals surface area contributed by atoms with Gasteiger partial charge < -0.3 is 15.3 Å². The van der Waals surface area contributed by atoms with E-state index in [9.17, 15) is 9.90 Å². The molecule has 0 atom stereocenters. The normalized spacial score (nSPS) is 12.5. The monoisotopic (exact) mass is 211 g/mol. The Morgan fingerprint density at radius 2 is 1.87 bits per heavy atom. The second-order valence-corrected chi connectivity index (χ2v) is 4.41. The second kappa shape index (κ2) is 4.69. The highest BCUT2D eigenvalue weighted by atomic mass is 16.3. The molecule has 0 aliphatic rings. The Hall–Kier alpha value is -1.70. The summed E-state index contributed by atoms with van der Waals surface area (Å²) in [6.45, 7) is 5.39. The quantitative estimate of drug-likeness (QED) is 0.401. The molecule has 0 saturated carbocycles. The third kappa shape index (κ3) is 4.36. The summed E-state index contributed by atoms with van der Waals surface area (Å²) in [7, 11) is 3.11. The first kappa shape index (κ1) is 13.3. The van der Waals surface area contributed by atoms with Crippen molar-refractivity contribution in [1.82, 2.24) is 10.2 Å². The fraction of sp³-hybridized carbons (Fsp3) is 0.600. The molecule has 1 amide bonds. The van der Waals surface area contributed by atoms with E-state index >= 15 is 0 Å². The van der Waals surface area contributed by atoms with E-state index in [-0.39, 0.29) is 11.5 Å². The average Bonchev–Trinajstić information content (AvgIpc) is 2.01. The molecule has 0 saturated heterocycles. The van der Waals surface area contributed by atoms with Gasteiger partial charge in [-0.1, -0.05) is 0 Å². The van der Waals surface area contributed by atoms with Crippen LogP contribution < -0.4 is 5.32 Å². The molecule has 15 heavy (non-hydrogen) atoms. The van der Waals surface area contributed by atoms with Crippen LogP contribution in [0.2, 0.25) is 0 Å². The van der Waals surface area contributed by atoms with Crippen LogP contribution in [0.3, 0.4) is 0 Å². The van der Waals surface area contributed by atoms with E-state index in [1.54, 1.807) is 40.9 Å². The maximum atomic E-state index is 11.6. The van der Waals surface area contributed by atoms with Crippen molar-refractivity contribution in [1.29, 1.82) is 5.26 Å². The Balaban J connectivity index is 4.96. The Labute approximate surface area is 90.0 Å². The van der Waals surface area contributed by atoms with E-state index in [0.29, 0.717) is 0 Å². The Bertz CT molecular complexity index is 319. The number of nitriles is 1. The van der Waals surface area contributed by atoms with Crippen LogP contribution in [-0.4, -0.2) is 35.5 Å². The van der Waals surface area contributed by atoms with Gasteiger partial charge in [-0.2, -0.15) is 5.26 Å². The predicted octanol–water partition coefficient (Wildman–Crippen LogP) is 0.756. The van der Waals surface area contributed by atoms with E-state index < -0.39 is 11.4 Å². The lowest BCUT2D eigenvalue weighted by Gasteiger charge is -2.21. The van der Waals surface area contributed by atoms with Gasteiger partial charge in [0.1, 0.15) is 6.07 Å². The Kier molecular flexibility index (Phi) is 4.16. The lowest BCUT2D eigenvalue weighted by atomic mass is 10.1. The number of aliphatic hydroxyl groups excluding tert-OH is 1. The highest BCUT2D eigenvalue weighted by Gasteiger charge is 2.21. The highest BCUT2D eigenvalue weighted by molar-refractivity contribution is 5.97. The Morgan fingerprint density at radius 3 is 2.13 bits per heavy atom. The predicted molar refractivity (Wildman–Crippen MR) is 56.9 cm³/mol. The number of aliphatic hydroxyl groups is 1. The molecule has 0 aromatic heterocycles. The summed E-state index contributed by atoms with van der Waals surface area (Å²) in [5.74, 6) is -0.907. The lowest BCUT2D eigenvalue weighted by Crippen LogP contribution is -2.42. The molecule has 0 spiro atoms. The largest absolute Gasteiger partial charge is 0.494 e. The van der Waals surface area contributed by atoms with E-state index in [4.69, 9.17) is 5.26 Å². The zero-order chi connectivity index (χ0) is 12.2. The molecule has 2 N–H and O–H groups in total. The maximum Gasteiger partial charge on any atom is 0.267 e. The summed E-state index contributed by atoms with van der Waals surface area (Å²) in [5, 5.41) is 20.8. The van der Waals surface area contributed by atoms with Crippen LogP contribution in [0.25, 0.3) is 0 Å². The number of carbonyl (C=O) groups excluding carboxylic acids is 1. The zero-order valence-corrected chi connectivity index (χ0v) is 9.75. The zero-order valence-electron chi connectivity index (χ0n) is 9.75. The number of hydrogen-bond donors (Lipinski definition) is 2. The van der Waals surface area contributed by atoms with Crippen molar-refractivity contribution in [2.75, 3.05) is 14.1 Å². The van der Waals surface area contributed by atoms with Crippen LogP contribution in [0.15, 0.2) is 11.5 Å². The van der Waals surface area contributed by atoms with Gasteiger partial charge in [-0.25, -0.2) is 0 Å². The molecule has 0 radical (unpaired) electrons. The summed E-state index contributed by atoms with van der Waals surface area (Å²) in [4.78, 5) is 12.9. The van der Waals surface area contributed by atoms with Gasteiger partial charge in [-0.3, -0.25) is 4.79 Å². The van der Waals surface area contributed by atoms with Gasteiger partial charge in [0.05, 0.1) is 0 Å². The van der Waals surface area contributed by atoms with Crippen LogP contribution in [0.5, 0.6) is 0 Å². The van der Waals surface area contributed by atoms with E-state index in [2.05, 4.69) is 5.32 Å². The fourth-order valence-electron chi connectivity index (χ4n) is 0.829. The lowest BCUT2D eigenvalue weighted by molar-refractivity contribution is -0.118. The van der Waals surface area contributed by atoms with Crippen molar-refractivity contribution in [2.45, 2.75) is 26.3 Å². The number of rotatable bonds is 2. The first-order valence-corrected chi connectivity index (χ1v) is 4.52. The summed E-state index contributed by atoms with van der Waals surface area (Å²) < 4.78 is 0. The first-order valence-electron chi connectivity index (χ1n) is 4.52. The van der Waals surface area contributed by atoms with Crippen molar-refractivity contribution >= 4 is 5.91 Å². The smallest absolute Gasteiger partial charge is 0.267 e. The minimum absolute atomic E-state index is 0.282. The SMILES string of the molecule is CN(C)/C(O)=C(\C#N)C(=O)NC(C)(C)C. The molecule has 0 heterocycles. The van der Waals surface area contributed by atoms with Crippen molar-refractivity contribution in [3.05, 3.63) is 11.5 Å². The standard InChI is InChI=1S/C10H17N3O2/c1-10(2,3)12-8(14)7(6-11)9(15)13(4)5/h15H,1-5H3,(H,12,14)/b9-7-. The second-order valence-electron chi connectivity index (χ2n) is 4.41. The van der Waals surface area contributed by atoms with E-state index in [1.165, 1.54) is 4.90 Å². The van der Waals surface area contributed by atoms with Gasteiger partial charge in [-0.05, 0) is 20.8 Å². The number of carbonyl (C=O) groups is 1. The summed E-state index contributed by atoms with van der Waals surface area (Å²) in [5.41, 5.74) is -0.721. The van der Waals surface area contributed by atoms with Crippen molar-refractivity contribution in [3.63, 3.8) is 0 Å². The van der Waals surface area contributed by atoms with Crippen molar-refractivity contribution in [2.24, 2.45) is 0 Å². The third-order valence-electron chi connectivity index (χ3n) is 1.47. The molecule has 0 aliphatic heterocycles. The highest BCUT2D eigenvalue weighted by Crippen LogP contribution is 2.06. The summed E-state index contributed by atoms with van der Waals surface area (Å²) >= 11 is 0. The van der Waals surface area contributed by atoms with Crippen molar-refractivity contribution < 1.29 is 9.90 Å². The first-order chi connectivity index (χ1) is 6.69. The molecule has 0 aliphatic carbocycles. The minimum Gasteiger partial charge on any atom is -0.494 e. The van der Waals surface area contributed by atoms with Crippen LogP contribution in [-0.2, 0) is 4.79 Å². The molecule has 0 rings (SSSR count). The van der Waals surface area contributed by atoms with Gasteiger partial charge in [0.15, 0.2) is 5.57 Å². The molecule has 0 unspecified atom stereocenters. The molecule has 0 aromatic rings. The minimum atomic E-state index is -0.573. The molecule has 5 heteroatoms. The molecule has 5 nitrogen and oxygen atoms in total. The van der Waals surface area contributed by atoms with Gasteiger partial charge in [-0.15, -0.1) is 0 Å². The van der Waals surface area contributed by atoms with E-state index in [0.717, 1.165) is 0 Å². The fourth-order valence-corrected chi connectivity index (χ4v) is 0.829. The molecular formula is C10H17N3O2. The topological polar surface area (TPSA) is 76.4 Å². The number of hydrogen-bond acceptors (Lipinski definition) is 4. The van der Waals surface area contributed by atoms with Crippen molar-refractivity contribution in [3.8, 4) is 6.07 Å². The maximum absolute atomic E-state index is 11.6.